The largest absolute Gasteiger partial charge is 0.310 e. The molecule has 0 aliphatic heterocycles. The summed E-state index contributed by atoms with van der Waals surface area (Å²) in [4.78, 5) is 0. The smallest absolute Gasteiger partial charge is 0.141 e. The average molecular weight is 228 g/mol. The molecule has 1 fully saturated rings. The zero-order chi connectivity index (χ0) is 10.8. The van der Waals surface area contributed by atoms with E-state index in [1.807, 2.05) is 0 Å². The molecule has 0 bridgehead atoms. The predicted molar refractivity (Wildman–Crippen MR) is 60.6 cm³/mol. The van der Waals surface area contributed by atoms with E-state index in [1.54, 1.807) is 12.1 Å². The summed E-state index contributed by atoms with van der Waals surface area (Å²) >= 11 is 5.73. The molecule has 0 heterocycles. The van der Waals surface area contributed by atoms with Crippen molar-refractivity contribution in [2.24, 2.45) is 5.92 Å². The van der Waals surface area contributed by atoms with Crippen LogP contribution in [0.2, 0.25) is 5.02 Å². The van der Waals surface area contributed by atoms with Crippen LogP contribution in [0.1, 0.15) is 31.4 Å². The Morgan fingerprint density at radius 2 is 2.27 bits per heavy atom. The van der Waals surface area contributed by atoms with Gasteiger partial charge in [0.1, 0.15) is 5.82 Å². The maximum absolute atomic E-state index is 12.9. The molecule has 1 N–H and O–H groups in total. The van der Waals surface area contributed by atoms with Gasteiger partial charge < -0.3 is 5.32 Å². The van der Waals surface area contributed by atoms with Crippen LogP contribution in [0.15, 0.2) is 18.2 Å². The van der Waals surface area contributed by atoms with E-state index in [0.29, 0.717) is 0 Å². The number of rotatable bonds is 4. The molecule has 2 rings (SSSR count). The Labute approximate surface area is 94.6 Å². The molecule has 1 atom stereocenters. The van der Waals surface area contributed by atoms with Gasteiger partial charge in [0.2, 0.25) is 0 Å². The fourth-order valence-corrected chi connectivity index (χ4v) is 1.75. The first-order chi connectivity index (χ1) is 7.16. The van der Waals surface area contributed by atoms with Crippen LogP contribution in [0.3, 0.4) is 0 Å². The number of halogens is 2. The van der Waals surface area contributed by atoms with Crippen LogP contribution in [-0.4, -0.2) is 6.54 Å². The zero-order valence-corrected chi connectivity index (χ0v) is 9.52. The van der Waals surface area contributed by atoms with E-state index in [0.717, 1.165) is 18.0 Å². The van der Waals surface area contributed by atoms with Gasteiger partial charge in [-0.1, -0.05) is 17.7 Å². The molecule has 1 nitrogen and oxygen atoms in total. The van der Waals surface area contributed by atoms with Gasteiger partial charge >= 0.3 is 0 Å². The maximum atomic E-state index is 12.9. The van der Waals surface area contributed by atoms with Gasteiger partial charge in [0.05, 0.1) is 5.02 Å². The Kier molecular flexibility index (Phi) is 3.27. The fourth-order valence-electron chi connectivity index (χ4n) is 1.56. The molecule has 1 aromatic carbocycles. The van der Waals surface area contributed by atoms with Crippen LogP contribution in [0.25, 0.3) is 0 Å². The SMILES string of the molecule is CC(NCC1CC1)c1ccc(F)c(Cl)c1. The molecule has 0 saturated heterocycles. The van der Waals surface area contributed by atoms with Crippen LogP contribution < -0.4 is 5.32 Å². The molecule has 82 valence electrons. The molecule has 0 spiro atoms. The Morgan fingerprint density at radius 1 is 1.53 bits per heavy atom. The summed E-state index contributed by atoms with van der Waals surface area (Å²) in [7, 11) is 0. The minimum atomic E-state index is -0.352. The van der Waals surface area contributed by atoms with Gasteiger partial charge in [0, 0.05) is 6.04 Å². The van der Waals surface area contributed by atoms with E-state index >= 15 is 0 Å². The van der Waals surface area contributed by atoms with Gasteiger partial charge in [0.25, 0.3) is 0 Å². The number of hydrogen-bond acceptors (Lipinski definition) is 1. The lowest BCUT2D eigenvalue weighted by Crippen LogP contribution is -2.21. The minimum absolute atomic E-state index is 0.201. The summed E-state index contributed by atoms with van der Waals surface area (Å²) in [5.74, 6) is 0.498. The summed E-state index contributed by atoms with van der Waals surface area (Å²) in [5, 5.41) is 3.63. The van der Waals surface area contributed by atoms with Crippen molar-refractivity contribution >= 4 is 11.6 Å². The van der Waals surface area contributed by atoms with Crippen LogP contribution >= 0.6 is 11.6 Å². The van der Waals surface area contributed by atoms with E-state index in [2.05, 4.69) is 12.2 Å². The Morgan fingerprint density at radius 3 is 2.87 bits per heavy atom. The zero-order valence-electron chi connectivity index (χ0n) is 8.76. The van der Waals surface area contributed by atoms with Crippen molar-refractivity contribution in [3.05, 3.63) is 34.6 Å². The monoisotopic (exact) mass is 227 g/mol. The predicted octanol–water partition coefficient (Wildman–Crippen LogP) is 3.54. The summed E-state index contributed by atoms with van der Waals surface area (Å²) in [5.41, 5.74) is 1.04. The van der Waals surface area contributed by atoms with Crippen molar-refractivity contribution in [3.63, 3.8) is 0 Å². The van der Waals surface area contributed by atoms with E-state index < -0.39 is 0 Å². The highest BCUT2D eigenvalue weighted by Gasteiger charge is 2.21. The van der Waals surface area contributed by atoms with Crippen LogP contribution in [0.5, 0.6) is 0 Å². The lowest BCUT2D eigenvalue weighted by Gasteiger charge is -2.14. The quantitative estimate of drug-likeness (QED) is 0.830. The normalized spacial score (nSPS) is 17.8. The molecule has 15 heavy (non-hydrogen) atoms. The lowest BCUT2D eigenvalue weighted by molar-refractivity contribution is 0.547. The number of nitrogens with one attached hydrogen (secondary N) is 1. The Hall–Kier alpha value is -0.600. The molecular formula is C12H15ClFN. The standard InChI is InChI=1S/C12H15ClFN/c1-8(15-7-9-2-3-9)10-4-5-12(14)11(13)6-10/h4-6,8-9,15H,2-3,7H2,1H3. The van der Waals surface area contributed by atoms with Gasteiger partial charge in [-0.2, -0.15) is 0 Å². The van der Waals surface area contributed by atoms with E-state index in [-0.39, 0.29) is 16.9 Å². The first-order valence-electron chi connectivity index (χ1n) is 5.35. The number of benzene rings is 1. The first-order valence-corrected chi connectivity index (χ1v) is 5.73. The maximum Gasteiger partial charge on any atom is 0.141 e. The lowest BCUT2D eigenvalue weighted by atomic mass is 10.1. The van der Waals surface area contributed by atoms with Crippen LogP contribution in [-0.2, 0) is 0 Å². The van der Waals surface area contributed by atoms with Crippen molar-refractivity contribution in [2.45, 2.75) is 25.8 Å². The third kappa shape index (κ3) is 2.93. The minimum Gasteiger partial charge on any atom is -0.310 e. The van der Waals surface area contributed by atoms with Crippen LogP contribution in [0.4, 0.5) is 4.39 Å². The molecule has 0 aromatic heterocycles. The van der Waals surface area contributed by atoms with E-state index in [1.165, 1.54) is 18.9 Å². The van der Waals surface area contributed by atoms with Gasteiger partial charge in [-0.3, -0.25) is 0 Å². The molecule has 1 aromatic rings. The molecule has 1 unspecified atom stereocenters. The van der Waals surface area contributed by atoms with Crippen molar-refractivity contribution in [2.75, 3.05) is 6.54 Å². The summed E-state index contributed by atoms with van der Waals surface area (Å²) in [6.45, 7) is 3.13. The topological polar surface area (TPSA) is 12.0 Å². The highest BCUT2D eigenvalue weighted by Crippen LogP contribution is 2.29. The van der Waals surface area contributed by atoms with Gasteiger partial charge in [-0.15, -0.1) is 0 Å². The van der Waals surface area contributed by atoms with E-state index in [9.17, 15) is 4.39 Å². The second-order valence-electron chi connectivity index (χ2n) is 4.25. The molecule has 1 saturated carbocycles. The molecule has 0 amide bonds. The first kappa shape index (κ1) is 10.9. The van der Waals surface area contributed by atoms with Crippen molar-refractivity contribution in [1.29, 1.82) is 0 Å². The highest BCUT2D eigenvalue weighted by molar-refractivity contribution is 6.30. The van der Waals surface area contributed by atoms with Gasteiger partial charge in [-0.25, -0.2) is 4.39 Å². The molecule has 1 aliphatic carbocycles. The van der Waals surface area contributed by atoms with Gasteiger partial charge in [-0.05, 0) is 49.9 Å². The Bertz CT molecular complexity index is 349. The van der Waals surface area contributed by atoms with E-state index in [4.69, 9.17) is 11.6 Å². The third-order valence-electron chi connectivity index (χ3n) is 2.85. The molecule has 1 aliphatic rings. The second kappa shape index (κ2) is 4.50. The van der Waals surface area contributed by atoms with Gasteiger partial charge in [0.15, 0.2) is 0 Å². The highest BCUT2D eigenvalue weighted by atomic mass is 35.5. The van der Waals surface area contributed by atoms with Crippen molar-refractivity contribution in [3.8, 4) is 0 Å². The molecule has 0 radical (unpaired) electrons. The summed E-state index contributed by atoms with van der Waals surface area (Å²) < 4.78 is 12.9. The molecule has 3 heteroatoms. The Balaban J connectivity index is 1.97. The fraction of sp³-hybridized carbons (Fsp3) is 0.500. The number of hydrogen-bond donors (Lipinski definition) is 1. The molecular weight excluding hydrogens is 213 g/mol. The summed E-state index contributed by atoms with van der Waals surface area (Å²) in [6, 6.07) is 5.14. The second-order valence-corrected chi connectivity index (χ2v) is 4.65. The third-order valence-corrected chi connectivity index (χ3v) is 3.14. The van der Waals surface area contributed by atoms with Crippen molar-refractivity contribution in [1.82, 2.24) is 5.32 Å². The average Bonchev–Trinajstić information content (AvgIpc) is 3.02. The summed E-state index contributed by atoms with van der Waals surface area (Å²) in [6.07, 6.45) is 2.67. The van der Waals surface area contributed by atoms with Crippen molar-refractivity contribution < 1.29 is 4.39 Å². The van der Waals surface area contributed by atoms with Crippen LogP contribution in [0, 0.1) is 11.7 Å².